The molecular formula is C16H15ClN2O2. The minimum Gasteiger partial charge on any atom is -0.481 e. The van der Waals surface area contributed by atoms with Crippen LogP contribution in [0.4, 0.5) is 0 Å². The first-order valence-corrected chi connectivity index (χ1v) is 6.76. The van der Waals surface area contributed by atoms with E-state index in [0.717, 1.165) is 11.1 Å². The van der Waals surface area contributed by atoms with Gasteiger partial charge >= 0.3 is 0 Å². The highest BCUT2D eigenvalue weighted by Gasteiger charge is 1.99. The maximum Gasteiger partial charge on any atom is 0.244 e. The van der Waals surface area contributed by atoms with Gasteiger partial charge in [-0.25, -0.2) is 4.98 Å². The number of halogens is 1. The summed E-state index contributed by atoms with van der Waals surface area (Å²) in [5.74, 6) is 0.356. The van der Waals surface area contributed by atoms with Crippen LogP contribution in [0.1, 0.15) is 11.1 Å². The van der Waals surface area contributed by atoms with Crippen LogP contribution in [0, 0.1) is 0 Å². The van der Waals surface area contributed by atoms with Crippen LogP contribution >= 0.6 is 11.6 Å². The van der Waals surface area contributed by atoms with Crippen molar-refractivity contribution in [2.45, 2.75) is 6.54 Å². The Bertz CT molecular complexity index is 639. The van der Waals surface area contributed by atoms with Gasteiger partial charge in [-0.2, -0.15) is 0 Å². The summed E-state index contributed by atoms with van der Waals surface area (Å²) in [5.41, 5.74) is 1.70. The van der Waals surface area contributed by atoms with Crippen molar-refractivity contribution >= 4 is 23.6 Å². The molecular weight excluding hydrogens is 288 g/mol. The monoisotopic (exact) mass is 302 g/mol. The van der Waals surface area contributed by atoms with Crippen LogP contribution in [0.25, 0.3) is 6.08 Å². The second-order valence-electron chi connectivity index (χ2n) is 4.28. The molecule has 2 aromatic rings. The zero-order valence-electron chi connectivity index (χ0n) is 11.5. The van der Waals surface area contributed by atoms with Gasteiger partial charge in [-0.3, -0.25) is 4.79 Å². The molecule has 1 aromatic carbocycles. The summed E-state index contributed by atoms with van der Waals surface area (Å²) in [6.07, 6.45) is 4.80. The number of benzene rings is 1. The van der Waals surface area contributed by atoms with Gasteiger partial charge in [-0.1, -0.05) is 35.9 Å². The summed E-state index contributed by atoms with van der Waals surface area (Å²) >= 11 is 6.01. The second kappa shape index (κ2) is 7.45. The lowest BCUT2D eigenvalue weighted by Crippen LogP contribution is -2.20. The van der Waals surface area contributed by atoms with Crippen LogP contribution in [0.5, 0.6) is 5.88 Å². The van der Waals surface area contributed by atoms with Gasteiger partial charge in [0.15, 0.2) is 0 Å². The van der Waals surface area contributed by atoms with Crippen LogP contribution in [0.15, 0.2) is 48.7 Å². The standard InChI is InChI=1S/C16H15ClN2O2/c1-21-16-9-6-12(11-19-16)10-18-15(20)8-7-13-4-2-3-5-14(13)17/h2-9,11H,10H2,1H3,(H,18,20)/b8-7+. The Hall–Kier alpha value is -2.33. The van der Waals surface area contributed by atoms with Crippen LogP contribution in [-0.2, 0) is 11.3 Å². The maximum atomic E-state index is 11.7. The summed E-state index contributed by atoms with van der Waals surface area (Å²) in [6.45, 7) is 0.405. The van der Waals surface area contributed by atoms with Gasteiger partial charge in [0.1, 0.15) is 0 Å². The van der Waals surface area contributed by atoms with Gasteiger partial charge in [-0.05, 0) is 23.3 Å². The summed E-state index contributed by atoms with van der Waals surface area (Å²) in [6, 6.07) is 10.9. The number of carbonyl (C=O) groups excluding carboxylic acids is 1. The number of hydrogen-bond acceptors (Lipinski definition) is 3. The van der Waals surface area contributed by atoms with Gasteiger partial charge in [0, 0.05) is 29.9 Å². The lowest BCUT2D eigenvalue weighted by Gasteiger charge is -2.03. The summed E-state index contributed by atoms with van der Waals surface area (Å²) in [7, 11) is 1.56. The molecule has 0 aliphatic heterocycles. The zero-order valence-corrected chi connectivity index (χ0v) is 12.3. The molecule has 1 amide bonds. The Kier molecular flexibility index (Phi) is 5.35. The van der Waals surface area contributed by atoms with Gasteiger partial charge < -0.3 is 10.1 Å². The molecule has 0 radical (unpaired) electrons. The smallest absolute Gasteiger partial charge is 0.244 e. The molecule has 0 aliphatic rings. The predicted molar refractivity (Wildman–Crippen MR) is 83.1 cm³/mol. The fourth-order valence-corrected chi connectivity index (χ4v) is 1.86. The number of pyridine rings is 1. The molecule has 108 valence electrons. The number of ether oxygens (including phenoxy) is 1. The number of rotatable bonds is 5. The first kappa shape index (κ1) is 15.1. The fraction of sp³-hybridized carbons (Fsp3) is 0.125. The average Bonchev–Trinajstić information content (AvgIpc) is 2.52. The molecule has 0 aliphatic carbocycles. The van der Waals surface area contributed by atoms with E-state index < -0.39 is 0 Å². The molecule has 0 bridgehead atoms. The molecule has 21 heavy (non-hydrogen) atoms. The highest BCUT2D eigenvalue weighted by Crippen LogP contribution is 2.16. The molecule has 2 rings (SSSR count). The van der Waals surface area contributed by atoms with E-state index in [4.69, 9.17) is 16.3 Å². The Morgan fingerprint density at radius 2 is 2.14 bits per heavy atom. The first-order chi connectivity index (χ1) is 10.2. The number of aromatic nitrogens is 1. The highest BCUT2D eigenvalue weighted by atomic mass is 35.5. The van der Waals surface area contributed by atoms with Crippen molar-refractivity contribution in [1.82, 2.24) is 10.3 Å². The van der Waals surface area contributed by atoms with E-state index in [1.165, 1.54) is 6.08 Å². The quantitative estimate of drug-likeness (QED) is 0.864. The average molecular weight is 303 g/mol. The maximum absolute atomic E-state index is 11.7. The molecule has 4 nitrogen and oxygen atoms in total. The van der Waals surface area contributed by atoms with Crippen molar-refractivity contribution in [2.24, 2.45) is 0 Å². The Morgan fingerprint density at radius 1 is 1.33 bits per heavy atom. The van der Waals surface area contributed by atoms with E-state index in [9.17, 15) is 4.79 Å². The third-order valence-corrected chi connectivity index (χ3v) is 3.14. The van der Waals surface area contributed by atoms with Crippen molar-refractivity contribution < 1.29 is 9.53 Å². The Morgan fingerprint density at radius 3 is 2.81 bits per heavy atom. The zero-order chi connectivity index (χ0) is 15.1. The summed E-state index contributed by atoms with van der Waals surface area (Å²) in [5, 5.41) is 3.39. The van der Waals surface area contributed by atoms with Crippen LogP contribution < -0.4 is 10.1 Å². The molecule has 5 heteroatoms. The number of hydrogen-bond donors (Lipinski definition) is 1. The van der Waals surface area contributed by atoms with Gasteiger partial charge in [0.2, 0.25) is 11.8 Å². The summed E-state index contributed by atoms with van der Waals surface area (Å²) < 4.78 is 4.97. The number of nitrogens with one attached hydrogen (secondary N) is 1. The van der Waals surface area contributed by atoms with Gasteiger partial charge in [0.25, 0.3) is 0 Å². The second-order valence-corrected chi connectivity index (χ2v) is 4.69. The SMILES string of the molecule is COc1ccc(CNC(=O)/C=C/c2ccccc2Cl)cn1. The molecule has 1 N–H and O–H groups in total. The van der Waals surface area contributed by atoms with Gasteiger partial charge in [0.05, 0.1) is 7.11 Å². The Labute approximate surface area is 128 Å². The number of carbonyl (C=O) groups is 1. The third kappa shape index (κ3) is 4.61. The third-order valence-electron chi connectivity index (χ3n) is 2.79. The molecule has 1 heterocycles. The lowest BCUT2D eigenvalue weighted by molar-refractivity contribution is -0.116. The first-order valence-electron chi connectivity index (χ1n) is 6.38. The minimum atomic E-state index is -0.189. The van der Waals surface area contributed by atoms with E-state index in [1.807, 2.05) is 24.3 Å². The number of nitrogens with zero attached hydrogens (tertiary/aromatic N) is 1. The molecule has 0 saturated carbocycles. The molecule has 0 saturated heterocycles. The van der Waals surface area contributed by atoms with E-state index in [2.05, 4.69) is 10.3 Å². The van der Waals surface area contributed by atoms with Crippen molar-refractivity contribution in [3.63, 3.8) is 0 Å². The van der Waals surface area contributed by atoms with E-state index in [0.29, 0.717) is 17.4 Å². The van der Waals surface area contributed by atoms with Crippen molar-refractivity contribution in [2.75, 3.05) is 7.11 Å². The van der Waals surface area contributed by atoms with Crippen molar-refractivity contribution in [3.05, 3.63) is 64.8 Å². The molecule has 1 aromatic heterocycles. The molecule has 0 unspecified atom stereocenters. The predicted octanol–water partition coefficient (Wildman–Crippen LogP) is 3.07. The van der Waals surface area contributed by atoms with E-state index in [1.54, 1.807) is 31.5 Å². The molecule has 0 fully saturated rings. The van der Waals surface area contributed by atoms with Crippen molar-refractivity contribution in [1.29, 1.82) is 0 Å². The minimum absolute atomic E-state index is 0.189. The highest BCUT2D eigenvalue weighted by molar-refractivity contribution is 6.32. The lowest BCUT2D eigenvalue weighted by atomic mass is 10.2. The Balaban J connectivity index is 1.88. The largest absolute Gasteiger partial charge is 0.481 e. The topological polar surface area (TPSA) is 51.2 Å². The molecule has 0 spiro atoms. The van der Waals surface area contributed by atoms with Crippen LogP contribution in [0.3, 0.4) is 0 Å². The normalized spacial score (nSPS) is 10.6. The number of methoxy groups -OCH3 is 1. The molecule has 0 atom stereocenters. The number of amides is 1. The van der Waals surface area contributed by atoms with Crippen molar-refractivity contribution in [3.8, 4) is 5.88 Å². The van der Waals surface area contributed by atoms with E-state index in [-0.39, 0.29) is 5.91 Å². The summed E-state index contributed by atoms with van der Waals surface area (Å²) in [4.78, 5) is 15.8. The van der Waals surface area contributed by atoms with Crippen LogP contribution in [-0.4, -0.2) is 18.0 Å². The van der Waals surface area contributed by atoms with Crippen LogP contribution in [0.2, 0.25) is 5.02 Å². The fourth-order valence-electron chi connectivity index (χ4n) is 1.66. The van der Waals surface area contributed by atoms with Gasteiger partial charge in [-0.15, -0.1) is 0 Å². The van der Waals surface area contributed by atoms with E-state index >= 15 is 0 Å².